The van der Waals surface area contributed by atoms with Crippen LogP contribution in [-0.4, -0.2) is 40.5 Å². The largest absolute Gasteiger partial charge is 0.508 e. The van der Waals surface area contributed by atoms with Gasteiger partial charge in [0.1, 0.15) is 12.4 Å². The van der Waals surface area contributed by atoms with Crippen molar-refractivity contribution in [2.75, 3.05) is 13.2 Å². The molecule has 0 bridgehead atoms. The summed E-state index contributed by atoms with van der Waals surface area (Å²) in [5.74, 6) is -1.23. The van der Waals surface area contributed by atoms with Crippen molar-refractivity contribution in [2.45, 2.75) is 38.8 Å². The van der Waals surface area contributed by atoms with Crippen molar-refractivity contribution in [3.63, 3.8) is 0 Å². The Morgan fingerprint density at radius 3 is 2.47 bits per heavy atom. The molecule has 0 radical (unpaired) electrons. The highest BCUT2D eigenvalue weighted by molar-refractivity contribution is 5.89. The Morgan fingerprint density at radius 2 is 1.82 bits per heavy atom. The second-order valence-corrected chi connectivity index (χ2v) is 8.20. The summed E-state index contributed by atoms with van der Waals surface area (Å²) in [7, 11) is 0. The van der Waals surface area contributed by atoms with Crippen LogP contribution in [0.3, 0.4) is 0 Å². The van der Waals surface area contributed by atoms with Crippen molar-refractivity contribution in [3.8, 4) is 22.6 Å². The number of benzene rings is 3. The van der Waals surface area contributed by atoms with Crippen molar-refractivity contribution in [3.05, 3.63) is 83.2 Å². The first-order valence-corrected chi connectivity index (χ1v) is 11.3. The van der Waals surface area contributed by atoms with Gasteiger partial charge in [0.05, 0.1) is 11.7 Å². The number of aliphatic hydroxyl groups is 1. The summed E-state index contributed by atoms with van der Waals surface area (Å²) in [6.45, 7) is 4.44. The van der Waals surface area contributed by atoms with Crippen LogP contribution in [-0.2, 0) is 6.42 Å². The van der Waals surface area contributed by atoms with Crippen LogP contribution in [0.5, 0.6) is 11.5 Å². The fourth-order valence-corrected chi connectivity index (χ4v) is 3.79. The van der Waals surface area contributed by atoms with Gasteiger partial charge in [-0.2, -0.15) is 0 Å². The van der Waals surface area contributed by atoms with Gasteiger partial charge in [0.25, 0.3) is 0 Å². The molecule has 4 N–H and O–H groups in total. The number of carboxylic acids is 1. The fourth-order valence-electron chi connectivity index (χ4n) is 3.79. The number of aryl methyl sites for hydroxylation is 1. The lowest BCUT2D eigenvalue weighted by Crippen LogP contribution is -2.35. The third kappa shape index (κ3) is 6.34. The second kappa shape index (κ2) is 11.6. The average Bonchev–Trinajstić information content (AvgIpc) is 2.82. The predicted molar refractivity (Wildman–Crippen MR) is 129 cm³/mol. The van der Waals surface area contributed by atoms with Crippen LogP contribution in [0.2, 0.25) is 0 Å². The van der Waals surface area contributed by atoms with E-state index in [1.165, 1.54) is 24.3 Å². The van der Waals surface area contributed by atoms with Gasteiger partial charge in [-0.25, -0.2) is 9.18 Å². The highest BCUT2D eigenvalue weighted by Gasteiger charge is 2.16. The van der Waals surface area contributed by atoms with E-state index >= 15 is 0 Å². The summed E-state index contributed by atoms with van der Waals surface area (Å²) in [4.78, 5) is 11.3. The number of aromatic hydroxyl groups is 1. The summed E-state index contributed by atoms with van der Waals surface area (Å²) >= 11 is 0. The van der Waals surface area contributed by atoms with Crippen LogP contribution in [0.1, 0.15) is 47.9 Å². The van der Waals surface area contributed by atoms with Gasteiger partial charge in [-0.1, -0.05) is 37.6 Å². The van der Waals surface area contributed by atoms with E-state index in [4.69, 9.17) is 4.74 Å². The number of phenolic OH excluding ortho intramolecular Hbond substituents is 1. The fraction of sp³-hybridized carbons (Fsp3) is 0.296. The molecule has 0 heterocycles. The number of rotatable bonds is 11. The zero-order chi connectivity index (χ0) is 24.7. The van der Waals surface area contributed by atoms with Gasteiger partial charge in [0.2, 0.25) is 0 Å². The summed E-state index contributed by atoms with van der Waals surface area (Å²) in [5.41, 5.74) is 3.22. The molecule has 180 valence electrons. The maximum atomic E-state index is 14.7. The topological polar surface area (TPSA) is 99.0 Å². The number of nitrogens with one attached hydrogen (secondary N) is 1. The molecule has 2 atom stereocenters. The molecule has 0 saturated heterocycles. The lowest BCUT2D eigenvalue weighted by atomic mass is 9.94. The van der Waals surface area contributed by atoms with Crippen LogP contribution in [0.15, 0.2) is 60.7 Å². The monoisotopic (exact) mass is 467 g/mol. The number of aliphatic hydroxyl groups excluding tert-OH is 1. The predicted octanol–water partition coefficient (Wildman–Crippen LogP) is 4.94. The van der Waals surface area contributed by atoms with Gasteiger partial charge in [0.15, 0.2) is 11.6 Å². The molecule has 7 heteroatoms. The molecule has 0 spiro atoms. The van der Waals surface area contributed by atoms with Gasteiger partial charge in [-0.15, -0.1) is 0 Å². The van der Waals surface area contributed by atoms with E-state index in [1.807, 2.05) is 13.8 Å². The molecule has 0 aliphatic heterocycles. The Hall–Kier alpha value is -3.42. The molecule has 6 nitrogen and oxygen atoms in total. The number of hydrogen-bond donors (Lipinski definition) is 4. The normalized spacial score (nSPS) is 12.8. The Balaban J connectivity index is 1.59. The zero-order valence-corrected chi connectivity index (χ0v) is 19.3. The smallest absolute Gasteiger partial charge is 0.335 e. The molecule has 0 aromatic heterocycles. The minimum atomic E-state index is -0.989. The average molecular weight is 468 g/mol. The first-order valence-electron chi connectivity index (χ1n) is 11.3. The highest BCUT2D eigenvalue weighted by Crippen LogP contribution is 2.30. The van der Waals surface area contributed by atoms with Gasteiger partial charge < -0.3 is 25.4 Å². The Kier molecular flexibility index (Phi) is 8.62. The first kappa shape index (κ1) is 25.2. The second-order valence-electron chi connectivity index (χ2n) is 8.20. The molecule has 3 aromatic rings. The van der Waals surface area contributed by atoms with Crippen molar-refractivity contribution >= 4 is 5.97 Å². The SMILES string of the molecule is CCCc1cc(C(=O)O)ccc1-c1ccc(OCCN[C@H](C)[C@H](O)c2ccc(O)cc2)c(F)c1. The number of carboxylic acid groups (broad SMARTS) is 1. The Morgan fingerprint density at radius 1 is 1.09 bits per heavy atom. The minimum absolute atomic E-state index is 0.122. The quantitative estimate of drug-likeness (QED) is 0.298. The number of halogens is 1. The third-order valence-electron chi connectivity index (χ3n) is 5.65. The molecule has 0 saturated carbocycles. The molecule has 3 aromatic carbocycles. The lowest BCUT2D eigenvalue weighted by molar-refractivity contribution is 0.0696. The molecule has 0 aliphatic rings. The van der Waals surface area contributed by atoms with Crippen LogP contribution in [0, 0.1) is 5.82 Å². The third-order valence-corrected chi connectivity index (χ3v) is 5.65. The summed E-state index contributed by atoms with van der Waals surface area (Å²) in [5, 5.41) is 32.2. The van der Waals surface area contributed by atoms with E-state index < -0.39 is 17.9 Å². The van der Waals surface area contributed by atoms with Crippen LogP contribution in [0.4, 0.5) is 4.39 Å². The van der Waals surface area contributed by atoms with Crippen molar-refractivity contribution in [1.82, 2.24) is 5.32 Å². The number of phenols is 1. The maximum absolute atomic E-state index is 14.7. The van der Waals surface area contributed by atoms with Crippen molar-refractivity contribution in [2.24, 2.45) is 0 Å². The lowest BCUT2D eigenvalue weighted by Gasteiger charge is -2.21. The zero-order valence-electron chi connectivity index (χ0n) is 19.3. The van der Waals surface area contributed by atoms with Gasteiger partial charge in [-0.05, 0) is 72.0 Å². The molecule has 0 fully saturated rings. The molecular weight excluding hydrogens is 437 g/mol. The van der Waals surface area contributed by atoms with Crippen LogP contribution in [0.25, 0.3) is 11.1 Å². The van der Waals surface area contributed by atoms with E-state index in [2.05, 4.69) is 5.32 Å². The van der Waals surface area contributed by atoms with Crippen molar-refractivity contribution < 1.29 is 29.2 Å². The van der Waals surface area contributed by atoms with E-state index in [0.717, 1.165) is 17.5 Å². The molecular formula is C27H30FNO5. The molecule has 3 rings (SSSR count). The minimum Gasteiger partial charge on any atom is -0.508 e. The molecule has 34 heavy (non-hydrogen) atoms. The van der Waals surface area contributed by atoms with Crippen LogP contribution >= 0.6 is 0 Å². The maximum Gasteiger partial charge on any atom is 0.335 e. The van der Waals surface area contributed by atoms with Gasteiger partial charge in [-0.3, -0.25) is 0 Å². The number of aromatic carboxylic acids is 1. The highest BCUT2D eigenvalue weighted by atomic mass is 19.1. The van der Waals surface area contributed by atoms with Crippen LogP contribution < -0.4 is 10.1 Å². The molecule has 0 aliphatic carbocycles. The summed E-state index contributed by atoms with van der Waals surface area (Å²) < 4.78 is 20.3. The standard InChI is InChI=1S/C27H30FNO5/c1-3-4-19-15-21(27(32)33)7-11-23(19)20-8-12-25(24(28)16-20)34-14-13-29-17(2)26(31)18-5-9-22(30)10-6-18/h5-12,15-17,26,29-31H,3-4,13-14H2,1-2H3,(H,32,33)/t17-,26+/m1/s1. The molecule has 0 amide bonds. The number of carbonyl (C=O) groups is 1. The first-order chi connectivity index (χ1) is 16.3. The van der Waals surface area contributed by atoms with E-state index in [9.17, 15) is 24.5 Å². The van der Waals surface area contributed by atoms with Gasteiger partial charge in [0, 0.05) is 12.6 Å². The molecule has 0 unspecified atom stereocenters. The Labute approximate surface area is 198 Å². The summed E-state index contributed by atoms with van der Waals surface area (Å²) in [6.07, 6.45) is 0.768. The van der Waals surface area contributed by atoms with Crippen molar-refractivity contribution in [1.29, 1.82) is 0 Å². The van der Waals surface area contributed by atoms with E-state index in [1.54, 1.807) is 36.4 Å². The van der Waals surface area contributed by atoms with E-state index in [0.29, 0.717) is 24.1 Å². The number of ether oxygens (including phenoxy) is 1. The van der Waals surface area contributed by atoms with Gasteiger partial charge >= 0.3 is 5.97 Å². The van der Waals surface area contributed by atoms with E-state index in [-0.39, 0.29) is 29.7 Å². The number of hydrogen-bond acceptors (Lipinski definition) is 5. The Bertz CT molecular complexity index is 1120. The summed E-state index contributed by atoms with van der Waals surface area (Å²) in [6, 6.07) is 15.7.